The minimum Gasteiger partial charge on any atom is -0.383 e. The second-order valence-corrected chi connectivity index (χ2v) is 7.03. The summed E-state index contributed by atoms with van der Waals surface area (Å²) in [5, 5.41) is 8.96. The van der Waals surface area contributed by atoms with Gasteiger partial charge in [-0.1, -0.05) is 24.6 Å². The highest BCUT2D eigenvalue weighted by molar-refractivity contribution is 5.90. The van der Waals surface area contributed by atoms with E-state index in [1.54, 1.807) is 23.0 Å². The Kier molecular flexibility index (Phi) is 5.44. The van der Waals surface area contributed by atoms with Gasteiger partial charge in [0.2, 0.25) is 0 Å². The lowest BCUT2D eigenvalue weighted by molar-refractivity contribution is 0.148. The van der Waals surface area contributed by atoms with Gasteiger partial charge < -0.3 is 5.32 Å². The lowest BCUT2D eigenvalue weighted by Gasteiger charge is -2.36. The Hall–Kier alpha value is -2.73. The van der Waals surface area contributed by atoms with Crippen molar-refractivity contribution >= 4 is 16.6 Å². The summed E-state index contributed by atoms with van der Waals surface area (Å²) >= 11 is 0. The Morgan fingerprint density at radius 2 is 1.96 bits per heavy atom. The van der Waals surface area contributed by atoms with E-state index in [-0.39, 0.29) is 5.56 Å². The predicted octanol–water partition coefficient (Wildman–Crippen LogP) is 2.76. The highest BCUT2D eigenvalue weighted by Crippen LogP contribution is 2.23. The van der Waals surface area contributed by atoms with Gasteiger partial charge >= 0.3 is 0 Å². The first-order valence-electron chi connectivity index (χ1n) is 9.65. The number of nitrogens with zero attached hydrogens (tertiary/aromatic N) is 4. The lowest BCUT2D eigenvalue weighted by Crippen LogP contribution is -2.45. The number of nitrogens with one attached hydrogen (secondary N) is 1. The van der Waals surface area contributed by atoms with Gasteiger partial charge in [-0.2, -0.15) is 5.10 Å². The van der Waals surface area contributed by atoms with E-state index >= 15 is 0 Å². The summed E-state index contributed by atoms with van der Waals surface area (Å²) in [4.78, 5) is 18.8. The number of anilines is 1. The monoisotopic (exact) mass is 363 g/mol. The van der Waals surface area contributed by atoms with Crippen molar-refractivity contribution in [3.8, 4) is 0 Å². The van der Waals surface area contributed by atoms with Crippen molar-refractivity contribution < 1.29 is 0 Å². The number of pyridine rings is 1. The average Bonchev–Trinajstić information content (AvgIpc) is 2.72. The van der Waals surface area contributed by atoms with Crippen LogP contribution in [0.5, 0.6) is 0 Å². The molecule has 0 radical (unpaired) electrons. The van der Waals surface area contributed by atoms with Gasteiger partial charge in [0.1, 0.15) is 0 Å². The largest absolute Gasteiger partial charge is 0.383 e. The van der Waals surface area contributed by atoms with Crippen molar-refractivity contribution in [2.75, 3.05) is 25.0 Å². The van der Waals surface area contributed by atoms with E-state index in [1.165, 1.54) is 19.3 Å². The quantitative estimate of drug-likeness (QED) is 0.730. The summed E-state index contributed by atoms with van der Waals surface area (Å²) in [6, 6.07) is 14.0. The lowest BCUT2D eigenvalue weighted by atomic mass is 10.0. The molecule has 1 saturated heterocycles. The number of hydrogen-bond acceptors (Lipinski definition) is 5. The molecule has 0 saturated carbocycles. The fraction of sp³-hybridized carbons (Fsp3) is 0.381. The summed E-state index contributed by atoms with van der Waals surface area (Å²) in [7, 11) is 0. The Morgan fingerprint density at radius 3 is 2.89 bits per heavy atom. The molecule has 1 atom stereocenters. The van der Waals surface area contributed by atoms with E-state index in [9.17, 15) is 4.79 Å². The number of para-hydroxylation sites is 1. The molecule has 1 unspecified atom stereocenters. The third-order valence-corrected chi connectivity index (χ3v) is 5.31. The van der Waals surface area contributed by atoms with Crippen molar-refractivity contribution in [1.82, 2.24) is 19.7 Å². The van der Waals surface area contributed by atoms with Gasteiger partial charge in [-0.3, -0.25) is 14.7 Å². The molecule has 140 valence electrons. The molecule has 0 bridgehead atoms. The maximum absolute atomic E-state index is 11.9. The van der Waals surface area contributed by atoms with Crippen molar-refractivity contribution in [3.63, 3.8) is 0 Å². The minimum absolute atomic E-state index is 0.0348. The van der Waals surface area contributed by atoms with Gasteiger partial charge in [0.05, 0.1) is 12.1 Å². The van der Waals surface area contributed by atoms with Crippen molar-refractivity contribution in [1.29, 1.82) is 0 Å². The zero-order valence-electron chi connectivity index (χ0n) is 15.4. The highest BCUT2D eigenvalue weighted by atomic mass is 16.1. The molecule has 4 rings (SSSR count). The van der Waals surface area contributed by atoms with Crippen LogP contribution in [0.3, 0.4) is 0 Å². The van der Waals surface area contributed by atoms with Crippen LogP contribution < -0.4 is 10.9 Å². The zero-order valence-corrected chi connectivity index (χ0v) is 15.4. The molecule has 0 aliphatic carbocycles. The highest BCUT2D eigenvalue weighted by Gasteiger charge is 2.22. The molecule has 1 aliphatic rings. The fourth-order valence-corrected chi connectivity index (χ4v) is 3.84. The van der Waals surface area contributed by atoms with Crippen LogP contribution in [-0.4, -0.2) is 45.3 Å². The van der Waals surface area contributed by atoms with E-state index in [0.717, 1.165) is 36.2 Å². The van der Waals surface area contributed by atoms with E-state index < -0.39 is 0 Å². The molecule has 3 aromatic rings. The maximum atomic E-state index is 11.9. The molecule has 0 amide bonds. The average molecular weight is 363 g/mol. The van der Waals surface area contributed by atoms with E-state index in [0.29, 0.717) is 12.6 Å². The Labute approximate surface area is 158 Å². The maximum Gasteiger partial charge on any atom is 0.266 e. The summed E-state index contributed by atoms with van der Waals surface area (Å²) in [6.45, 7) is 3.45. The first kappa shape index (κ1) is 17.7. The third kappa shape index (κ3) is 4.17. The molecule has 0 spiro atoms. The van der Waals surface area contributed by atoms with Crippen molar-refractivity contribution in [3.05, 3.63) is 65.2 Å². The molecular formula is C21H25N5O. The molecule has 2 aromatic heterocycles. The van der Waals surface area contributed by atoms with Crippen LogP contribution in [0.15, 0.2) is 59.7 Å². The van der Waals surface area contributed by atoms with Gasteiger partial charge in [0.15, 0.2) is 0 Å². The van der Waals surface area contributed by atoms with Crippen LogP contribution in [0.25, 0.3) is 10.9 Å². The first-order valence-corrected chi connectivity index (χ1v) is 9.65. The standard InChI is InChI=1S/C21H25N5O/c27-21-9-5-11-24-26(21)15-14-25-13-4-3-6-17(25)16-23-20-10-12-22-19-8-2-1-7-18(19)20/h1-2,5,7-12,17H,3-4,6,13-16H2,(H,22,23). The van der Waals surface area contributed by atoms with Crippen molar-refractivity contribution in [2.24, 2.45) is 0 Å². The summed E-state index contributed by atoms with van der Waals surface area (Å²) < 4.78 is 1.55. The van der Waals surface area contributed by atoms with Gasteiger partial charge in [-0.15, -0.1) is 0 Å². The van der Waals surface area contributed by atoms with Crippen LogP contribution in [-0.2, 0) is 6.54 Å². The summed E-state index contributed by atoms with van der Waals surface area (Å²) in [5.41, 5.74) is 2.11. The summed E-state index contributed by atoms with van der Waals surface area (Å²) in [5.74, 6) is 0. The van der Waals surface area contributed by atoms with Crippen LogP contribution in [0, 0.1) is 0 Å². The van der Waals surface area contributed by atoms with Gasteiger partial charge in [0.25, 0.3) is 5.56 Å². The molecule has 1 fully saturated rings. The molecule has 6 heteroatoms. The predicted molar refractivity (Wildman–Crippen MR) is 108 cm³/mol. The third-order valence-electron chi connectivity index (χ3n) is 5.31. The molecule has 1 aliphatic heterocycles. The SMILES string of the molecule is O=c1cccnn1CCN1CCCCC1CNc1ccnc2ccccc12. The summed E-state index contributed by atoms with van der Waals surface area (Å²) in [6.07, 6.45) is 7.17. The van der Waals surface area contributed by atoms with Crippen LogP contribution in [0.1, 0.15) is 19.3 Å². The molecule has 27 heavy (non-hydrogen) atoms. The zero-order chi connectivity index (χ0) is 18.5. The number of rotatable bonds is 6. The van der Waals surface area contributed by atoms with Crippen molar-refractivity contribution in [2.45, 2.75) is 31.8 Å². The number of benzene rings is 1. The Bertz CT molecular complexity index is 949. The number of fused-ring (bicyclic) bond motifs is 1. The number of likely N-dealkylation sites (tertiary alicyclic amines) is 1. The van der Waals surface area contributed by atoms with Crippen LogP contribution >= 0.6 is 0 Å². The smallest absolute Gasteiger partial charge is 0.266 e. The molecule has 3 heterocycles. The topological polar surface area (TPSA) is 63.1 Å². The van der Waals surface area contributed by atoms with Gasteiger partial charge in [-0.05, 0) is 37.6 Å². The van der Waals surface area contributed by atoms with Gasteiger partial charge in [0, 0.05) is 48.7 Å². The van der Waals surface area contributed by atoms with Crippen LogP contribution in [0.4, 0.5) is 5.69 Å². The second-order valence-electron chi connectivity index (χ2n) is 7.03. The molecule has 6 nitrogen and oxygen atoms in total. The van der Waals surface area contributed by atoms with Gasteiger partial charge in [-0.25, -0.2) is 4.68 Å². The fourth-order valence-electron chi connectivity index (χ4n) is 3.84. The van der Waals surface area contributed by atoms with E-state index in [1.807, 2.05) is 30.5 Å². The number of aromatic nitrogens is 3. The first-order chi connectivity index (χ1) is 13.3. The molecule has 1 N–H and O–H groups in total. The number of piperidine rings is 1. The van der Waals surface area contributed by atoms with E-state index in [4.69, 9.17) is 0 Å². The molecule has 1 aromatic carbocycles. The molecular weight excluding hydrogens is 338 g/mol. The van der Waals surface area contributed by atoms with Crippen LogP contribution in [0.2, 0.25) is 0 Å². The Morgan fingerprint density at radius 1 is 1.04 bits per heavy atom. The normalized spacial score (nSPS) is 17.9. The minimum atomic E-state index is -0.0348. The van der Waals surface area contributed by atoms with E-state index in [2.05, 4.69) is 26.4 Å². The Balaban J connectivity index is 1.42. The number of hydrogen-bond donors (Lipinski definition) is 1. The second kappa shape index (κ2) is 8.31.